The molecule has 0 bridgehead atoms. The van der Waals surface area contributed by atoms with E-state index in [2.05, 4.69) is 15.9 Å². The topological polar surface area (TPSA) is 59.0 Å². The summed E-state index contributed by atoms with van der Waals surface area (Å²) in [5, 5.41) is 9.74. The van der Waals surface area contributed by atoms with Gasteiger partial charge in [0.2, 0.25) is 0 Å². The van der Waals surface area contributed by atoms with E-state index in [9.17, 15) is 9.18 Å². The molecule has 20 heavy (non-hydrogen) atoms. The van der Waals surface area contributed by atoms with Gasteiger partial charge >= 0.3 is 6.09 Å². The Kier molecular flexibility index (Phi) is 4.69. The van der Waals surface area contributed by atoms with Crippen LogP contribution in [0.3, 0.4) is 0 Å². The summed E-state index contributed by atoms with van der Waals surface area (Å²) in [6, 6.07) is 1.64. The summed E-state index contributed by atoms with van der Waals surface area (Å²) >= 11 is 3.27. The Morgan fingerprint density at radius 2 is 2.30 bits per heavy atom. The van der Waals surface area contributed by atoms with Crippen LogP contribution in [0, 0.1) is 5.82 Å². The van der Waals surface area contributed by atoms with E-state index in [-0.39, 0.29) is 18.8 Å². The number of hydrogen-bond donors (Lipinski definition) is 1. The number of benzene rings is 1. The summed E-state index contributed by atoms with van der Waals surface area (Å²) in [6.07, 6.45) is -0.331. The lowest BCUT2D eigenvalue weighted by molar-refractivity contribution is 0.145. The molecule has 0 fully saturated rings. The van der Waals surface area contributed by atoms with Gasteiger partial charge in [-0.3, -0.25) is 4.90 Å². The molecule has 1 aliphatic rings. The summed E-state index contributed by atoms with van der Waals surface area (Å²) in [6.45, 7) is 0.564. The zero-order chi connectivity index (χ0) is 14.7. The second-order valence-corrected chi connectivity index (χ2v) is 5.18. The fraction of sp³-hybridized carbons (Fsp3) is 0.462. The zero-order valence-electron chi connectivity index (χ0n) is 11.0. The van der Waals surface area contributed by atoms with Gasteiger partial charge in [0.05, 0.1) is 20.3 Å². The number of fused-ring (bicyclic) bond motifs is 1. The van der Waals surface area contributed by atoms with E-state index in [1.807, 2.05) is 0 Å². The van der Waals surface area contributed by atoms with Crippen LogP contribution >= 0.6 is 15.9 Å². The molecule has 0 atom stereocenters. The van der Waals surface area contributed by atoms with Crippen molar-refractivity contribution >= 4 is 22.0 Å². The van der Waals surface area contributed by atoms with Gasteiger partial charge in [0.15, 0.2) is 17.3 Å². The third-order valence-electron chi connectivity index (χ3n) is 3.11. The van der Waals surface area contributed by atoms with Gasteiger partial charge in [-0.2, -0.15) is 0 Å². The van der Waals surface area contributed by atoms with Gasteiger partial charge in [0.25, 0.3) is 0 Å². The minimum Gasteiger partial charge on any atom is -0.493 e. The molecule has 0 saturated heterocycles. The van der Waals surface area contributed by atoms with Crippen LogP contribution in [-0.4, -0.2) is 35.1 Å². The normalized spacial score (nSPS) is 13.2. The largest absolute Gasteiger partial charge is 0.493 e. The molecule has 1 N–H and O–H groups in total. The number of methoxy groups -OCH3 is 1. The number of halogens is 2. The number of rotatable bonds is 5. The quantitative estimate of drug-likeness (QED) is 0.657. The first-order valence-electron chi connectivity index (χ1n) is 6.13. The summed E-state index contributed by atoms with van der Waals surface area (Å²) in [7, 11) is 1.43. The van der Waals surface area contributed by atoms with Crippen LogP contribution in [0.1, 0.15) is 17.5 Å². The second kappa shape index (κ2) is 6.30. The van der Waals surface area contributed by atoms with Crippen LogP contribution in [0.4, 0.5) is 9.18 Å². The standard InChI is InChI=1S/C13H15BrFNO4/c1-19-10-5-8-6-16(13(17)18)7-9(8)11(15)12(10)20-4-2-3-14/h5H,2-4,6-7H2,1H3,(H,17,18). The highest BCUT2D eigenvalue weighted by atomic mass is 79.9. The van der Waals surface area contributed by atoms with Crippen LogP contribution in [0.25, 0.3) is 0 Å². The van der Waals surface area contributed by atoms with Gasteiger partial charge in [-0.1, -0.05) is 15.9 Å². The lowest BCUT2D eigenvalue weighted by Gasteiger charge is -2.13. The van der Waals surface area contributed by atoms with Crippen LogP contribution in [0.5, 0.6) is 11.5 Å². The van der Waals surface area contributed by atoms with Crippen molar-refractivity contribution in [3.63, 3.8) is 0 Å². The summed E-state index contributed by atoms with van der Waals surface area (Å²) < 4.78 is 25.0. The van der Waals surface area contributed by atoms with E-state index in [1.54, 1.807) is 6.07 Å². The maximum atomic E-state index is 14.4. The number of amides is 1. The Labute approximate surface area is 124 Å². The average Bonchev–Trinajstić information content (AvgIpc) is 2.85. The number of carboxylic acid groups (broad SMARTS) is 1. The van der Waals surface area contributed by atoms with Crippen LogP contribution in [0.2, 0.25) is 0 Å². The molecule has 0 unspecified atom stereocenters. The van der Waals surface area contributed by atoms with E-state index in [0.29, 0.717) is 23.5 Å². The Morgan fingerprint density at radius 1 is 1.55 bits per heavy atom. The van der Waals surface area contributed by atoms with Gasteiger partial charge in [0, 0.05) is 17.4 Å². The molecule has 1 aromatic carbocycles. The van der Waals surface area contributed by atoms with Gasteiger partial charge in [-0.05, 0) is 18.1 Å². The third-order valence-corrected chi connectivity index (χ3v) is 3.67. The van der Waals surface area contributed by atoms with Gasteiger partial charge in [-0.15, -0.1) is 0 Å². The van der Waals surface area contributed by atoms with E-state index in [0.717, 1.165) is 16.7 Å². The van der Waals surface area contributed by atoms with Crippen molar-refractivity contribution in [3.8, 4) is 11.5 Å². The van der Waals surface area contributed by atoms with E-state index in [4.69, 9.17) is 14.6 Å². The molecular weight excluding hydrogens is 333 g/mol. The van der Waals surface area contributed by atoms with Gasteiger partial charge < -0.3 is 14.6 Å². The van der Waals surface area contributed by atoms with E-state index in [1.165, 1.54) is 7.11 Å². The predicted octanol–water partition coefficient (Wildman–Crippen LogP) is 2.99. The average molecular weight is 348 g/mol. The molecule has 0 aromatic heterocycles. The minimum absolute atomic E-state index is 0.0370. The monoisotopic (exact) mass is 347 g/mol. The molecule has 7 heteroatoms. The molecule has 1 amide bonds. The number of hydrogen-bond acceptors (Lipinski definition) is 3. The fourth-order valence-corrected chi connectivity index (χ4v) is 2.34. The van der Waals surface area contributed by atoms with Crippen molar-refractivity contribution in [1.82, 2.24) is 4.90 Å². The molecule has 110 valence electrons. The zero-order valence-corrected chi connectivity index (χ0v) is 12.6. The van der Waals surface area contributed by atoms with E-state index >= 15 is 0 Å². The van der Waals surface area contributed by atoms with Crippen molar-refractivity contribution in [3.05, 3.63) is 23.0 Å². The third kappa shape index (κ3) is 2.82. The smallest absolute Gasteiger partial charge is 0.407 e. The lowest BCUT2D eigenvalue weighted by Crippen LogP contribution is -2.22. The first kappa shape index (κ1) is 14.9. The molecular formula is C13H15BrFNO4. The molecule has 0 spiro atoms. The first-order chi connectivity index (χ1) is 9.58. The van der Waals surface area contributed by atoms with Gasteiger partial charge in [0.1, 0.15) is 0 Å². The summed E-state index contributed by atoms with van der Waals surface area (Å²) in [5.41, 5.74) is 0.983. The van der Waals surface area contributed by atoms with Crippen LogP contribution in [0.15, 0.2) is 6.07 Å². The van der Waals surface area contributed by atoms with Gasteiger partial charge in [-0.25, -0.2) is 9.18 Å². The predicted molar refractivity (Wildman–Crippen MR) is 74.1 cm³/mol. The number of carbonyl (C=O) groups is 1. The van der Waals surface area contributed by atoms with Crippen molar-refractivity contribution in [2.24, 2.45) is 0 Å². The molecule has 5 nitrogen and oxygen atoms in total. The lowest BCUT2D eigenvalue weighted by atomic mass is 10.1. The molecule has 1 aromatic rings. The Bertz CT molecular complexity index is 524. The molecule has 0 saturated carbocycles. The van der Waals surface area contributed by atoms with E-state index < -0.39 is 11.9 Å². The van der Waals surface area contributed by atoms with Crippen LogP contribution in [-0.2, 0) is 13.1 Å². The highest BCUT2D eigenvalue weighted by Crippen LogP contribution is 2.38. The molecule has 2 rings (SSSR count). The minimum atomic E-state index is -1.07. The maximum absolute atomic E-state index is 14.4. The van der Waals surface area contributed by atoms with Crippen molar-refractivity contribution in [2.75, 3.05) is 19.0 Å². The first-order valence-corrected chi connectivity index (χ1v) is 7.25. The Hall–Kier alpha value is -1.50. The maximum Gasteiger partial charge on any atom is 0.407 e. The van der Waals surface area contributed by atoms with Crippen molar-refractivity contribution in [2.45, 2.75) is 19.5 Å². The Balaban J connectivity index is 2.31. The van der Waals surface area contributed by atoms with Crippen molar-refractivity contribution in [1.29, 1.82) is 0 Å². The Morgan fingerprint density at radius 3 is 2.90 bits per heavy atom. The molecule has 0 radical (unpaired) electrons. The highest BCUT2D eigenvalue weighted by Gasteiger charge is 2.29. The summed E-state index contributed by atoms with van der Waals surface area (Å²) in [5.74, 6) is -0.180. The second-order valence-electron chi connectivity index (χ2n) is 4.39. The SMILES string of the molecule is COc1cc2c(c(F)c1OCCCBr)CN(C(=O)O)C2. The molecule has 1 aliphatic heterocycles. The number of nitrogens with zero attached hydrogens (tertiary/aromatic N) is 1. The highest BCUT2D eigenvalue weighted by molar-refractivity contribution is 9.09. The van der Waals surface area contributed by atoms with Crippen LogP contribution < -0.4 is 9.47 Å². The van der Waals surface area contributed by atoms with Crippen molar-refractivity contribution < 1.29 is 23.8 Å². The molecule has 0 aliphatic carbocycles. The summed E-state index contributed by atoms with van der Waals surface area (Å²) in [4.78, 5) is 12.1. The number of ether oxygens (including phenoxy) is 2. The number of alkyl halides is 1. The molecule has 1 heterocycles. The fourth-order valence-electron chi connectivity index (χ4n) is 2.11.